The fraction of sp³-hybridized carbons (Fsp3) is 0.650. The van der Waals surface area contributed by atoms with Gasteiger partial charge in [0.15, 0.2) is 5.96 Å². The lowest BCUT2D eigenvalue weighted by Gasteiger charge is -2.35. The van der Waals surface area contributed by atoms with Crippen LogP contribution in [0.5, 0.6) is 5.75 Å². The van der Waals surface area contributed by atoms with E-state index >= 15 is 0 Å². The van der Waals surface area contributed by atoms with Gasteiger partial charge in [-0.25, -0.2) is 0 Å². The second kappa shape index (κ2) is 11.4. The maximum atomic E-state index is 5.91. The molecule has 2 unspecified atom stereocenters. The quantitative estimate of drug-likeness (QED) is 0.522. The zero-order chi connectivity index (χ0) is 19.6. The monoisotopic (exact) mass is 395 g/mol. The molecule has 1 fully saturated rings. The van der Waals surface area contributed by atoms with Gasteiger partial charge in [-0.05, 0) is 52.1 Å². The van der Waals surface area contributed by atoms with Gasteiger partial charge in [-0.3, -0.25) is 9.89 Å². The second-order valence-corrected chi connectivity index (χ2v) is 7.61. The Labute approximate surface area is 168 Å². The molecule has 2 N–H and O–H groups in total. The van der Waals surface area contributed by atoms with Gasteiger partial charge in [-0.15, -0.1) is 0 Å². The largest absolute Gasteiger partial charge is 0.489 e. The summed E-state index contributed by atoms with van der Waals surface area (Å²) in [6.45, 7) is 13.2. The van der Waals surface area contributed by atoms with Crippen LogP contribution in [0.25, 0.3) is 0 Å². The molecule has 1 aromatic carbocycles. The Hall–Kier alpha value is -1.50. The van der Waals surface area contributed by atoms with E-state index in [1.165, 1.54) is 0 Å². The molecule has 0 radical (unpaired) electrons. The van der Waals surface area contributed by atoms with Crippen LogP contribution in [0.2, 0.25) is 5.02 Å². The fourth-order valence-electron chi connectivity index (χ4n) is 2.97. The molecule has 2 rings (SSSR count). The van der Waals surface area contributed by atoms with Crippen molar-refractivity contribution in [2.75, 3.05) is 52.9 Å². The van der Waals surface area contributed by atoms with E-state index in [1.807, 2.05) is 31.2 Å². The number of guanidine groups is 1. The van der Waals surface area contributed by atoms with Crippen LogP contribution in [0.15, 0.2) is 29.3 Å². The van der Waals surface area contributed by atoms with Crippen molar-refractivity contribution in [2.45, 2.75) is 32.9 Å². The van der Waals surface area contributed by atoms with Gasteiger partial charge in [0.1, 0.15) is 11.9 Å². The summed E-state index contributed by atoms with van der Waals surface area (Å²) in [4.78, 5) is 9.65. The highest BCUT2D eigenvalue weighted by Gasteiger charge is 2.18. The lowest BCUT2D eigenvalue weighted by atomic mass is 10.2. The van der Waals surface area contributed by atoms with E-state index in [0.717, 1.165) is 51.0 Å². The summed E-state index contributed by atoms with van der Waals surface area (Å²) in [6.07, 6.45) is 0.0186. The first-order valence-electron chi connectivity index (χ1n) is 9.85. The van der Waals surface area contributed by atoms with Gasteiger partial charge in [0, 0.05) is 43.8 Å². The third-order valence-corrected chi connectivity index (χ3v) is 4.98. The summed E-state index contributed by atoms with van der Waals surface area (Å²) in [5, 5.41) is 7.40. The summed E-state index contributed by atoms with van der Waals surface area (Å²) in [7, 11) is 2.18. The molecule has 0 spiro atoms. The summed E-state index contributed by atoms with van der Waals surface area (Å²) in [5.74, 6) is 1.66. The van der Waals surface area contributed by atoms with E-state index in [1.54, 1.807) is 0 Å². The predicted octanol–water partition coefficient (Wildman–Crippen LogP) is 2.30. The Morgan fingerprint density at radius 1 is 1.15 bits per heavy atom. The summed E-state index contributed by atoms with van der Waals surface area (Å²) < 4.78 is 5.91. The van der Waals surface area contributed by atoms with E-state index in [-0.39, 0.29) is 6.10 Å². The molecule has 0 bridgehead atoms. The van der Waals surface area contributed by atoms with E-state index < -0.39 is 0 Å². The van der Waals surface area contributed by atoms with Gasteiger partial charge in [-0.1, -0.05) is 11.6 Å². The summed E-state index contributed by atoms with van der Waals surface area (Å²) in [5.41, 5.74) is 0. The topological polar surface area (TPSA) is 52.1 Å². The van der Waals surface area contributed by atoms with Crippen LogP contribution in [0.1, 0.15) is 20.8 Å². The van der Waals surface area contributed by atoms with Gasteiger partial charge in [0.05, 0.1) is 13.1 Å². The van der Waals surface area contributed by atoms with Crippen LogP contribution in [0.4, 0.5) is 0 Å². The van der Waals surface area contributed by atoms with E-state index in [4.69, 9.17) is 21.3 Å². The molecule has 1 heterocycles. The molecule has 0 aliphatic carbocycles. The smallest absolute Gasteiger partial charge is 0.191 e. The first-order chi connectivity index (χ1) is 13.0. The van der Waals surface area contributed by atoms with Gasteiger partial charge < -0.3 is 20.3 Å². The summed E-state index contributed by atoms with van der Waals surface area (Å²) in [6, 6.07) is 7.88. The number of aliphatic imine (C=N–C) groups is 1. The number of ether oxygens (including phenoxy) is 1. The summed E-state index contributed by atoms with van der Waals surface area (Å²) >= 11 is 5.91. The Morgan fingerprint density at radius 2 is 1.81 bits per heavy atom. The van der Waals surface area contributed by atoms with Gasteiger partial charge >= 0.3 is 0 Å². The first kappa shape index (κ1) is 21.8. The zero-order valence-electron chi connectivity index (χ0n) is 17.0. The molecule has 1 aromatic rings. The molecule has 1 saturated heterocycles. The maximum absolute atomic E-state index is 5.91. The Kier molecular flexibility index (Phi) is 9.18. The average Bonchev–Trinajstić information content (AvgIpc) is 2.66. The third kappa shape index (κ3) is 7.95. The fourth-order valence-corrected chi connectivity index (χ4v) is 3.10. The van der Waals surface area contributed by atoms with Crippen LogP contribution in [-0.4, -0.2) is 80.8 Å². The molecule has 7 heteroatoms. The SMILES string of the molecule is CCNC(=NCC(C)N1CCN(C)CC1)NCC(C)Oc1ccc(Cl)cc1. The van der Waals surface area contributed by atoms with Crippen LogP contribution < -0.4 is 15.4 Å². The molecular weight excluding hydrogens is 362 g/mol. The van der Waals surface area contributed by atoms with Crippen molar-refractivity contribution in [2.24, 2.45) is 4.99 Å². The third-order valence-electron chi connectivity index (χ3n) is 4.73. The highest BCUT2D eigenvalue weighted by atomic mass is 35.5. The molecule has 6 nitrogen and oxygen atoms in total. The highest BCUT2D eigenvalue weighted by molar-refractivity contribution is 6.30. The normalized spacial score (nSPS) is 18.8. The van der Waals surface area contributed by atoms with Crippen molar-refractivity contribution in [3.05, 3.63) is 29.3 Å². The molecular formula is C20H34ClN5O. The molecule has 0 amide bonds. The second-order valence-electron chi connectivity index (χ2n) is 7.17. The standard InChI is InChI=1S/C20H34ClN5O/c1-5-22-20(23-14-16(2)26-12-10-25(4)11-13-26)24-15-17(3)27-19-8-6-18(21)7-9-19/h6-9,16-17H,5,10-15H2,1-4H3,(H2,22,23,24). The van der Waals surface area contributed by atoms with Crippen molar-refractivity contribution >= 4 is 17.6 Å². The number of halogens is 1. The van der Waals surface area contributed by atoms with Crippen LogP contribution >= 0.6 is 11.6 Å². The molecule has 1 aliphatic rings. The number of piperazine rings is 1. The average molecular weight is 396 g/mol. The molecule has 0 aromatic heterocycles. The van der Waals surface area contributed by atoms with Crippen molar-refractivity contribution in [1.29, 1.82) is 0 Å². The Morgan fingerprint density at radius 3 is 2.44 bits per heavy atom. The molecule has 0 saturated carbocycles. The lowest BCUT2D eigenvalue weighted by Crippen LogP contribution is -2.49. The van der Waals surface area contributed by atoms with Crippen LogP contribution in [0.3, 0.4) is 0 Å². The number of likely N-dealkylation sites (N-methyl/N-ethyl adjacent to an activating group) is 1. The van der Waals surface area contributed by atoms with Gasteiger partial charge in [0.25, 0.3) is 0 Å². The van der Waals surface area contributed by atoms with Crippen LogP contribution in [0, 0.1) is 0 Å². The number of benzene rings is 1. The van der Waals surface area contributed by atoms with E-state index in [2.05, 4.69) is 41.3 Å². The number of nitrogens with one attached hydrogen (secondary N) is 2. The molecule has 152 valence electrons. The Balaban J connectivity index is 1.79. The van der Waals surface area contributed by atoms with Gasteiger partial charge in [-0.2, -0.15) is 0 Å². The number of hydrogen-bond donors (Lipinski definition) is 2. The van der Waals surface area contributed by atoms with Crippen LogP contribution in [-0.2, 0) is 0 Å². The number of nitrogens with zero attached hydrogens (tertiary/aromatic N) is 3. The lowest BCUT2D eigenvalue weighted by molar-refractivity contribution is 0.122. The zero-order valence-corrected chi connectivity index (χ0v) is 17.8. The van der Waals surface area contributed by atoms with Gasteiger partial charge in [0.2, 0.25) is 0 Å². The van der Waals surface area contributed by atoms with Crippen molar-refractivity contribution in [3.63, 3.8) is 0 Å². The van der Waals surface area contributed by atoms with Crippen molar-refractivity contribution in [3.8, 4) is 5.75 Å². The molecule has 2 atom stereocenters. The maximum Gasteiger partial charge on any atom is 0.191 e. The van der Waals surface area contributed by atoms with Crippen molar-refractivity contribution < 1.29 is 4.74 Å². The number of rotatable bonds is 8. The minimum atomic E-state index is 0.0186. The minimum Gasteiger partial charge on any atom is -0.489 e. The minimum absolute atomic E-state index is 0.0186. The number of hydrogen-bond acceptors (Lipinski definition) is 4. The molecule has 27 heavy (non-hydrogen) atoms. The van der Waals surface area contributed by atoms with E-state index in [9.17, 15) is 0 Å². The Bertz CT molecular complexity index is 572. The first-order valence-corrected chi connectivity index (χ1v) is 10.2. The van der Waals surface area contributed by atoms with E-state index in [0.29, 0.717) is 17.6 Å². The highest BCUT2D eigenvalue weighted by Crippen LogP contribution is 2.16. The van der Waals surface area contributed by atoms with Crippen molar-refractivity contribution in [1.82, 2.24) is 20.4 Å². The molecule has 1 aliphatic heterocycles. The predicted molar refractivity (Wildman–Crippen MR) is 114 cm³/mol.